The van der Waals surface area contributed by atoms with Gasteiger partial charge >= 0.3 is 0 Å². The molecule has 1 fully saturated rings. The van der Waals surface area contributed by atoms with E-state index >= 15 is 0 Å². The summed E-state index contributed by atoms with van der Waals surface area (Å²) in [6.07, 6.45) is 1.61. The van der Waals surface area contributed by atoms with Gasteiger partial charge < -0.3 is 15.7 Å². The zero-order valence-electron chi connectivity index (χ0n) is 10.4. The van der Waals surface area contributed by atoms with E-state index in [2.05, 4.69) is 30.8 Å². The van der Waals surface area contributed by atoms with Crippen molar-refractivity contribution in [1.82, 2.24) is 4.90 Å². The second-order valence-electron chi connectivity index (χ2n) is 4.94. The Labute approximate surface area is 97.2 Å². The van der Waals surface area contributed by atoms with Crippen LogP contribution in [0.5, 0.6) is 0 Å². The van der Waals surface area contributed by atoms with E-state index in [0.717, 1.165) is 26.1 Å². The Bertz CT molecular complexity index is 254. The normalized spacial score (nSPS) is 24.3. The Hall–Kier alpha value is -0.810. The highest BCUT2D eigenvalue weighted by Gasteiger charge is 2.30. The first kappa shape index (κ1) is 13.3. The van der Waals surface area contributed by atoms with E-state index in [1.807, 2.05) is 0 Å². The first-order chi connectivity index (χ1) is 7.48. The summed E-state index contributed by atoms with van der Waals surface area (Å²) in [7, 11) is 0. The molecule has 0 aliphatic carbocycles. The molecule has 0 aromatic rings. The van der Waals surface area contributed by atoms with Crippen molar-refractivity contribution in [2.24, 2.45) is 10.9 Å². The number of oxime groups is 1. The number of rotatable bonds is 4. The highest BCUT2D eigenvalue weighted by molar-refractivity contribution is 5.80. The molecule has 0 radical (unpaired) electrons. The van der Waals surface area contributed by atoms with E-state index in [1.54, 1.807) is 0 Å². The average molecular weight is 229 g/mol. The van der Waals surface area contributed by atoms with Crippen LogP contribution in [0.1, 0.15) is 33.6 Å². The molecule has 1 rings (SSSR count). The second-order valence-corrected chi connectivity index (χ2v) is 4.94. The molecule has 0 saturated carbocycles. The average Bonchev–Trinajstić information content (AvgIpc) is 2.24. The van der Waals surface area contributed by atoms with Crippen LogP contribution < -0.4 is 5.73 Å². The van der Waals surface area contributed by atoms with Crippen LogP contribution in [0.4, 0.5) is 0 Å². The molecule has 5 nitrogen and oxygen atoms in total. The van der Waals surface area contributed by atoms with Crippen LogP contribution in [-0.4, -0.2) is 47.3 Å². The predicted octanol–water partition coefficient (Wildman–Crippen LogP) is 1.01. The van der Waals surface area contributed by atoms with Crippen LogP contribution >= 0.6 is 0 Å². The van der Waals surface area contributed by atoms with Crippen LogP contribution in [0.2, 0.25) is 0 Å². The minimum Gasteiger partial charge on any atom is -0.409 e. The van der Waals surface area contributed by atoms with E-state index < -0.39 is 0 Å². The van der Waals surface area contributed by atoms with Gasteiger partial charge in [0.2, 0.25) is 0 Å². The first-order valence-corrected chi connectivity index (χ1v) is 5.83. The summed E-state index contributed by atoms with van der Waals surface area (Å²) in [5, 5.41) is 11.6. The van der Waals surface area contributed by atoms with Crippen molar-refractivity contribution in [2.45, 2.75) is 45.3 Å². The van der Waals surface area contributed by atoms with Crippen molar-refractivity contribution in [1.29, 1.82) is 0 Å². The van der Waals surface area contributed by atoms with Crippen LogP contribution in [0.25, 0.3) is 0 Å². The minimum atomic E-state index is -0.100. The van der Waals surface area contributed by atoms with Gasteiger partial charge in [-0.2, -0.15) is 0 Å². The number of hydrogen-bond donors (Lipinski definition) is 2. The number of ether oxygens (including phenoxy) is 1. The van der Waals surface area contributed by atoms with Gasteiger partial charge in [-0.25, -0.2) is 0 Å². The fourth-order valence-corrected chi connectivity index (χ4v) is 2.18. The Balaban J connectivity index is 2.58. The molecule has 1 heterocycles. The van der Waals surface area contributed by atoms with Gasteiger partial charge in [0, 0.05) is 25.6 Å². The van der Waals surface area contributed by atoms with Gasteiger partial charge in [-0.3, -0.25) is 4.90 Å². The molecular formula is C11H23N3O2. The molecule has 0 aromatic carbocycles. The van der Waals surface area contributed by atoms with Crippen LogP contribution in [-0.2, 0) is 4.74 Å². The molecule has 0 amide bonds. The lowest BCUT2D eigenvalue weighted by molar-refractivity contribution is -0.0967. The Kier molecular flexibility index (Phi) is 4.56. The fourth-order valence-electron chi connectivity index (χ4n) is 2.18. The molecule has 3 N–H and O–H groups in total. The van der Waals surface area contributed by atoms with Crippen molar-refractivity contribution in [3.63, 3.8) is 0 Å². The van der Waals surface area contributed by atoms with E-state index in [9.17, 15) is 0 Å². The highest BCUT2D eigenvalue weighted by atomic mass is 16.5. The molecule has 1 aliphatic heterocycles. The summed E-state index contributed by atoms with van der Waals surface area (Å²) >= 11 is 0. The van der Waals surface area contributed by atoms with Crippen molar-refractivity contribution >= 4 is 5.84 Å². The Morgan fingerprint density at radius 3 is 2.81 bits per heavy atom. The number of morpholine rings is 1. The highest BCUT2D eigenvalue weighted by Crippen LogP contribution is 2.20. The predicted molar refractivity (Wildman–Crippen MR) is 63.7 cm³/mol. The summed E-state index contributed by atoms with van der Waals surface area (Å²) in [6, 6.07) is 0.332. The number of nitrogens with zero attached hydrogens (tertiary/aromatic N) is 2. The standard InChI is InChI=1S/C11H23N3O2/c1-4-9(7-10(12)13-15)14-5-6-16-11(2,3)8-14/h9,15H,4-8H2,1-3H3,(H2,12,13). The lowest BCUT2D eigenvalue weighted by Gasteiger charge is -2.42. The Morgan fingerprint density at radius 1 is 1.62 bits per heavy atom. The van der Waals surface area contributed by atoms with Gasteiger partial charge in [0.15, 0.2) is 0 Å². The lowest BCUT2D eigenvalue weighted by atomic mass is 10.0. The van der Waals surface area contributed by atoms with Gasteiger partial charge in [-0.1, -0.05) is 12.1 Å². The van der Waals surface area contributed by atoms with Crippen molar-refractivity contribution in [2.75, 3.05) is 19.7 Å². The number of nitrogens with two attached hydrogens (primary N) is 1. The third-order valence-electron chi connectivity index (χ3n) is 3.02. The summed E-state index contributed by atoms with van der Waals surface area (Å²) in [6.45, 7) is 8.87. The summed E-state index contributed by atoms with van der Waals surface area (Å²) in [5.74, 6) is 0.302. The molecule has 0 spiro atoms. The van der Waals surface area contributed by atoms with Gasteiger partial charge in [0.1, 0.15) is 5.84 Å². The van der Waals surface area contributed by atoms with Gasteiger partial charge in [-0.05, 0) is 20.3 Å². The van der Waals surface area contributed by atoms with Crippen molar-refractivity contribution in [3.05, 3.63) is 0 Å². The van der Waals surface area contributed by atoms with E-state index in [4.69, 9.17) is 15.7 Å². The molecule has 94 valence electrons. The summed E-state index contributed by atoms with van der Waals surface area (Å²) in [4.78, 5) is 2.36. The molecule has 5 heteroatoms. The number of amidine groups is 1. The molecule has 1 atom stereocenters. The molecule has 0 aromatic heterocycles. The molecule has 1 aliphatic rings. The zero-order valence-corrected chi connectivity index (χ0v) is 10.4. The molecule has 0 bridgehead atoms. The summed E-state index contributed by atoms with van der Waals surface area (Å²) < 4.78 is 5.67. The van der Waals surface area contributed by atoms with E-state index in [0.29, 0.717) is 18.3 Å². The van der Waals surface area contributed by atoms with Crippen molar-refractivity contribution < 1.29 is 9.94 Å². The third-order valence-corrected chi connectivity index (χ3v) is 3.02. The van der Waals surface area contributed by atoms with Gasteiger partial charge in [-0.15, -0.1) is 0 Å². The Morgan fingerprint density at radius 2 is 2.31 bits per heavy atom. The van der Waals surface area contributed by atoms with Crippen LogP contribution in [0.3, 0.4) is 0 Å². The van der Waals surface area contributed by atoms with Crippen LogP contribution in [0, 0.1) is 0 Å². The molecule has 16 heavy (non-hydrogen) atoms. The zero-order chi connectivity index (χ0) is 12.2. The van der Waals surface area contributed by atoms with Gasteiger partial charge in [0.25, 0.3) is 0 Å². The monoisotopic (exact) mass is 229 g/mol. The van der Waals surface area contributed by atoms with Crippen molar-refractivity contribution in [3.8, 4) is 0 Å². The number of hydrogen-bond acceptors (Lipinski definition) is 4. The molecule has 1 saturated heterocycles. The summed E-state index contributed by atoms with van der Waals surface area (Å²) in [5.41, 5.74) is 5.47. The van der Waals surface area contributed by atoms with Gasteiger partial charge in [0.05, 0.1) is 12.2 Å². The topological polar surface area (TPSA) is 71.1 Å². The fraction of sp³-hybridized carbons (Fsp3) is 0.909. The minimum absolute atomic E-state index is 0.100. The quantitative estimate of drug-likeness (QED) is 0.327. The maximum absolute atomic E-state index is 8.60. The maximum atomic E-state index is 8.60. The maximum Gasteiger partial charge on any atom is 0.140 e. The first-order valence-electron chi connectivity index (χ1n) is 5.83. The van der Waals surface area contributed by atoms with E-state index in [1.165, 1.54) is 0 Å². The molecule has 1 unspecified atom stereocenters. The smallest absolute Gasteiger partial charge is 0.140 e. The lowest BCUT2D eigenvalue weighted by Crippen LogP contribution is -2.52. The van der Waals surface area contributed by atoms with Crippen LogP contribution in [0.15, 0.2) is 5.16 Å². The van der Waals surface area contributed by atoms with E-state index in [-0.39, 0.29) is 5.60 Å². The largest absolute Gasteiger partial charge is 0.409 e. The molecular weight excluding hydrogens is 206 g/mol. The second kappa shape index (κ2) is 5.50. The third kappa shape index (κ3) is 3.64. The SMILES string of the molecule is CCC(C/C(N)=N/O)N1CCOC(C)(C)C1.